The molecule has 0 aliphatic carbocycles. The molecule has 0 atom stereocenters. The lowest BCUT2D eigenvalue weighted by Gasteiger charge is -2.27. The van der Waals surface area contributed by atoms with E-state index in [0.717, 1.165) is 30.0 Å². The Morgan fingerprint density at radius 1 is 0.938 bits per heavy atom. The number of aromatic nitrogens is 3. The molecular weight excluding hydrogens is 404 g/mol. The third-order valence-electron chi connectivity index (χ3n) is 5.01. The molecule has 2 heterocycles. The predicted molar refractivity (Wildman–Crippen MR) is 129 cm³/mol. The standard InChI is InChI=1S/C23H28N8O/c1-17-4-8-19(9-5-17)25-21-26-22(28-23(27-21)31-12-14-32-15-13-31)29-24-16-18-6-10-20(11-7-18)30(2)3/h4-11,16H,12-15H2,1-3H3,(H2,25,26,27,28,29)/b24-16+. The molecule has 4 rings (SSSR count). The van der Waals surface area contributed by atoms with Crippen molar-refractivity contribution >= 4 is 35.4 Å². The molecule has 2 aromatic carbocycles. The number of anilines is 5. The van der Waals surface area contributed by atoms with Crippen molar-refractivity contribution in [3.63, 3.8) is 0 Å². The first-order chi connectivity index (χ1) is 15.6. The Bertz CT molecular complexity index is 1040. The van der Waals surface area contributed by atoms with Crippen molar-refractivity contribution in [2.75, 3.05) is 60.9 Å². The van der Waals surface area contributed by atoms with Crippen molar-refractivity contribution in [2.24, 2.45) is 5.10 Å². The summed E-state index contributed by atoms with van der Waals surface area (Å²) in [5.74, 6) is 1.42. The molecule has 1 aromatic heterocycles. The van der Waals surface area contributed by atoms with Crippen LogP contribution in [-0.2, 0) is 4.74 Å². The van der Waals surface area contributed by atoms with E-state index in [1.165, 1.54) is 5.56 Å². The average molecular weight is 433 g/mol. The maximum absolute atomic E-state index is 5.45. The first kappa shape index (κ1) is 21.5. The zero-order chi connectivity index (χ0) is 22.3. The highest BCUT2D eigenvalue weighted by Crippen LogP contribution is 2.19. The normalized spacial score (nSPS) is 13.9. The van der Waals surface area contributed by atoms with E-state index in [1.807, 2.05) is 62.6 Å². The molecule has 166 valence electrons. The Kier molecular flexibility index (Phi) is 6.76. The van der Waals surface area contributed by atoms with Gasteiger partial charge in [0.2, 0.25) is 17.8 Å². The van der Waals surface area contributed by atoms with Crippen LogP contribution in [0.2, 0.25) is 0 Å². The SMILES string of the molecule is Cc1ccc(Nc2nc(N/N=C/c3ccc(N(C)C)cc3)nc(N3CCOCC3)n2)cc1. The third kappa shape index (κ3) is 5.70. The van der Waals surface area contributed by atoms with Crippen LogP contribution in [-0.4, -0.2) is 61.6 Å². The van der Waals surface area contributed by atoms with Gasteiger partial charge in [-0.3, -0.25) is 0 Å². The number of nitrogens with one attached hydrogen (secondary N) is 2. The number of morpholine rings is 1. The van der Waals surface area contributed by atoms with Gasteiger partial charge in [0.25, 0.3) is 0 Å². The molecule has 0 radical (unpaired) electrons. The summed E-state index contributed by atoms with van der Waals surface area (Å²) in [7, 11) is 4.03. The van der Waals surface area contributed by atoms with Crippen LogP contribution in [0, 0.1) is 6.92 Å². The number of hydrogen-bond acceptors (Lipinski definition) is 9. The van der Waals surface area contributed by atoms with Crippen LogP contribution in [0.25, 0.3) is 0 Å². The van der Waals surface area contributed by atoms with E-state index in [9.17, 15) is 0 Å². The summed E-state index contributed by atoms with van der Waals surface area (Å²) in [6, 6.07) is 16.2. The minimum atomic E-state index is 0.372. The van der Waals surface area contributed by atoms with Crippen LogP contribution in [0.1, 0.15) is 11.1 Å². The monoisotopic (exact) mass is 432 g/mol. The molecule has 0 unspecified atom stereocenters. The largest absolute Gasteiger partial charge is 0.378 e. The lowest BCUT2D eigenvalue weighted by molar-refractivity contribution is 0.122. The zero-order valence-corrected chi connectivity index (χ0v) is 18.6. The minimum absolute atomic E-state index is 0.372. The van der Waals surface area contributed by atoms with E-state index in [2.05, 4.69) is 47.5 Å². The maximum atomic E-state index is 5.45. The topological polar surface area (TPSA) is 90.8 Å². The second-order valence-electron chi connectivity index (χ2n) is 7.73. The van der Waals surface area contributed by atoms with Gasteiger partial charge in [-0.05, 0) is 36.8 Å². The highest BCUT2D eigenvalue weighted by molar-refractivity contribution is 5.80. The van der Waals surface area contributed by atoms with Crippen molar-refractivity contribution in [3.8, 4) is 0 Å². The van der Waals surface area contributed by atoms with E-state index < -0.39 is 0 Å². The maximum Gasteiger partial charge on any atom is 0.250 e. The highest BCUT2D eigenvalue weighted by atomic mass is 16.5. The summed E-state index contributed by atoms with van der Waals surface area (Å²) in [5.41, 5.74) is 7.15. The van der Waals surface area contributed by atoms with Crippen molar-refractivity contribution in [1.29, 1.82) is 0 Å². The molecule has 1 aliphatic rings. The lowest BCUT2D eigenvalue weighted by Crippen LogP contribution is -2.37. The number of rotatable bonds is 7. The Morgan fingerprint density at radius 3 is 2.31 bits per heavy atom. The van der Waals surface area contributed by atoms with E-state index in [-0.39, 0.29) is 0 Å². The van der Waals surface area contributed by atoms with E-state index in [1.54, 1.807) is 6.21 Å². The van der Waals surface area contributed by atoms with E-state index >= 15 is 0 Å². The molecular formula is C23H28N8O. The number of aryl methyl sites for hydroxylation is 1. The third-order valence-corrected chi connectivity index (χ3v) is 5.01. The first-order valence-electron chi connectivity index (χ1n) is 10.6. The van der Waals surface area contributed by atoms with Crippen LogP contribution in [0.3, 0.4) is 0 Å². The summed E-state index contributed by atoms with van der Waals surface area (Å²) in [6.45, 7) is 4.81. The molecule has 0 spiro atoms. The quantitative estimate of drug-likeness (QED) is 0.434. The van der Waals surface area contributed by atoms with Crippen LogP contribution in [0.15, 0.2) is 53.6 Å². The summed E-state index contributed by atoms with van der Waals surface area (Å²) in [6.07, 6.45) is 1.74. The van der Waals surface area contributed by atoms with Gasteiger partial charge in [0.1, 0.15) is 0 Å². The lowest BCUT2D eigenvalue weighted by atomic mass is 10.2. The Morgan fingerprint density at radius 2 is 1.62 bits per heavy atom. The van der Waals surface area contributed by atoms with Crippen molar-refractivity contribution in [1.82, 2.24) is 15.0 Å². The number of benzene rings is 2. The van der Waals surface area contributed by atoms with E-state index in [0.29, 0.717) is 31.1 Å². The molecule has 0 amide bonds. The molecule has 1 saturated heterocycles. The van der Waals surface area contributed by atoms with Gasteiger partial charge in [0.05, 0.1) is 19.4 Å². The smallest absolute Gasteiger partial charge is 0.250 e. The summed E-state index contributed by atoms with van der Waals surface area (Å²) in [5, 5.41) is 7.58. The fraction of sp³-hybridized carbons (Fsp3) is 0.304. The van der Waals surface area contributed by atoms with Gasteiger partial charge >= 0.3 is 0 Å². The number of ether oxygens (including phenoxy) is 1. The van der Waals surface area contributed by atoms with Crippen molar-refractivity contribution in [3.05, 3.63) is 59.7 Å². The van der Waals surface area contributed by atoms with Crippen LogP contribution in [0.4, 0.5) is 29.2 Å². The summed E-state index contributed by atoms with van der Waals surface area (Å²) < 4.78 is 5.45. The fourth-order valence-corrected chi connectivity index (χ4v) is 3.16. The molecule has 1 fully saturated rings. The highest BCUT2D eigenvalue weighted by Gasteiger charge is 2.16. The van der Waals surface area contributed by atoms with Gasteiger partial charge < -0.3 is 19.9 Å². The Hall–Kier alpha value is -3.72. The number of nitrogens with zero attached hydrogens (tertiary/aromatic N) is 6. The first-order valence-corrected chi connectivity index (χ1v) is 10.6. The van der Waals surface area contributed by atoms with Gasteiger partial charge in [-0.25, -0.2) is 5.43 Å². The van der Waals surface area contributed by atoms with Crippen LogP contribution < -0.4 is 20.5 Å². The molecule has 2 N–H and O–H groups in total. The molecule has 32 heavy (non-hydrogen) atoms. The average Bonchev–Trinajstić information content (AvgIpc) is 2.81. The second kappa shape index (κ2) is 10.1. The summed E-state index contributed by atoms with van der Waals surface area (Å²) in [4.78, 5) is 17.8. The molecule has 1 aliphatic heterocycles. The second-order valence-corrected chi connectivity index (χ2v) is 7.73. The van der Waals surface area contributed by atoms with Gasteiger partial charge in [0.15, 0.2) is 0 Å². The molecule has 9 heteroatoms. The van der Waals surface area contributed by atoms with Crippen molar-refractivity contribution in [2.45, 2.75) is 6.92 Å². The number of hydrazone groups is 1. The molecule has 0 bridgehead atoms. The van der Waals surface area contributed by atoms with Gasteiger partial charge in [-0.2, -0.15) is 20.1 Å². The molecule has 9 nitrogen and oxygen atoms in total. The number of hydrogen-bond donors (Lipinski definition) is 2. The van der Waals surface area contributed by atoms with Gasteiger partial charge in [0, 0.05) is 38.6 Å². The summed E-state index contributed by atoms with van der Waals surface area (Å²) >= 11 is 0. The Balaban J connectivity index is 1.53. The van der Waals surface area contributed by atoms with Crippen molar-refractivity contribution < 1.29 is 4.74 Å². The van der Waals surface area contributed by atoms with Crippen LogP contribution in [0.5, 0.6) is 0 Å². The minimum Gasteiger partial charge on any atom is -0.378 e. The predicted octanol–water partition coefficient (Wildman–Crippen LogP) is 3.27. The van der Waals surface area contributed by atoms with Gasteiger partial charge in [-0.15, -0.1) is 0 Å². The molecule has 3 aromatic rings. The molecule has 0 saturated carbocycles. The Labute approximate surface area is 188 Å². The van der Waals surface area contributed by atoms with Crippen LogP contribution >= 0.6 is 0 Å². The van der Waals surface area contributed by atoms with E-state index in [4.69, 9.17) is 4.74 Å². The van der Waals surface area contributed by atoms with Gasteiger partial charge in [-0.1, -0.05) is 29.8 Å². The fourth-order valence-electron chi connectivity index (χ4n) is 3.16. The zero-order valence-electron chi connectivity index (χ0n) is 18.6.